The number of nitrogens with zero attached hydrogens (tertiary/aromatic N) is 3. The Morgan fingerprint density at radius 1 is 1.23 bits per heavy atom. The van der Waals surface area contributed by atoms with Crippen molar-refractivity contribution < 1.29 is 14.7 Å². The number of aromatic amines is 1. The number of benzene rings is 1. The standard InChI is InChI=1S/C16H11Br2N5O3/c17-9-5-10-13(11(18)6-9)21-16(26)14(10)23-22-12(24)7-20-15(25)8-1-3-19-4-2-8/h1-6,21,26H,7H2,(H,20,25). The molecule has 0 aliphatic rings. The van der Waals surface area contributed by atoms with Gasteiger partial charge in [-0.05, 0) is 40.2 Å². The van der Waals surface area contributed by atoms with Gasteiger partial charge in [0.25, 0.3) is 11.8 Å². The van der Waals surface area contributed by atoms with E-state index in [1.165, 1.54) is 24.5 Å². The predicted octanol–water partition coefficient (Wildman–Crippen LogP) is 3.83. The van der Waals surface area contributed by atoms with E-state index in [2.05, 4.69) is 57.4 Å². The summed E-state index contributed by atoms with van der Waals surface area (Å²) in [6.07, 6.45) is 2.96. The molecule has 0 saturated heterocycles. The number of halogens is 2. The first-order valence-corrected chi connectivity index (χ1v) is 8.87. The highest BCUT2D eigenvalue weighted by Crippen LogP contribution is 2.40. The van der Waals surface area contributed by atoms with Crippen LogP contribution in [0.5, 0.6) is 5.88 Å². The van der Waals surface area contributed by atoms with Crippen molar-refractivity contribution >= 4 is 60.3 Å². The molecule has 0 saturated carbocycles. The highest BCUT2D eigenvalue weighted by atomic mass is 79.9. The number of aromatic hydroxyl groups is 1. The van der Waals surface area contributed by atoms with Crippen molar-refractivity contribution in [3.8, 4) is 5.88 Å². The van der Waals surface area contributed by atoms with Crippen LogP contribution in [0.25, 0.3) is 10.9 Å². The Labute approximate surface area is 164 Å². The lowest BCUT2D eigenvalue weighted by Gasteiger charge is -2.01. The minimum atomic E-state index is -0.657. The third kappa shape index (κ3) is 3.97. The van der Waals surface area contributed by atoms with E-state index in [9.17, 15) is 14.7 Å². The summed E-state index contributed by atoms with van der Waals surface area (Å²) in [6, 6.07) is 6.60. The maximum absolute atomic E-state index is 11.9. The Bertz CT molecular complexity index is 1020. The smallest absolute Gasteiger partial charge is 0.283 e. The summed E-state index contributed by atoms with van der Waals surface area (Å²) in [4.78, 5) is 30.3. The lowest BCUT2D eigenvalue weighted by atomic mass is 10.2. The average molecular weight is 481 g/mol. The average Bonchev–Trinajstić information content (AvgIpc) is 2.94. The van der Waals surface area contributed by atoms with Crippen molar-refractivity contribution in [1.29, 1.82) is 0 Å². The summed E-state index contributed by atoms with van der Waals surface area (Å²) >= 11 is 6.73. The number of amides is 2. The molecule has 0 bridgehead atoms. The minimum Gasteiger partial charge on any atom is -0.493 e. The number of hydrogen-bond acceptors (Lipinski definition) is 5. The molecule has 132 valence electrons. The molecule has 0 atom stereocenters. The van der Waals surface area contributed by atoms with Crippen LogP contribution in [-0.4, -0.2) is 33.4 Å². The molecular weight excluding hydrogens is 470 g/mol. The fourth-order valence-electron chi connectivity index (χ4n) is 2.20. The molecule has 2 aromatic heterocycles. The molecule has 26 heavy (non-hydrogen) atoms. The van der Waals surface area contributed by atoms with Crippen molar-refractivity contribution in [3.63, 3.8) is 0 Å². The number of carbonyl (C=O) groups excluding carboxylic acids is 2. The Balaban J connectivity index is 1.72. The largest absolute Gasteiger partial charge is 0.493 e. The molecule has 2 heterocycles. The topological polar surface area (TPSA) is 120 Å². The fraction of sp³-hybridized carbons (Fsp3) is 0.0625. The van der Waals surface area contributed by atoms with Crippen molar-refractivity contribution in [2.75, 3.05) is 6.54 Å². The van der Waals surface area contributed by atoms with Crippen molar-refractivity contribution in [1.82, 2.24) is 15.3 Å². The second kappa shape index (κ2) is 7.75. The summed E-state index contributed by atoms with van der Waals surface area (Å²) < 4.78 is 1.48. The molecule has 0 unspecified atom stereocenters. The van der Waals surface area contributed by atoms with Gasteiger partial charge in [-0.15, -0.1) is 10.2 Å². The SMILES string of the molecule is O=C(CNC(=O)c1ccncc1)N=Nc1c(O)[nH]c2c(Br)cc(Br)cc12. The number of H-pyrrole nitrogens is 1. The lowest BCUT2D eigenvalue weighted by Crippen LogP contribution is -2.28. The first-order valence-electron chi connectivity index (χ1n) is 7.28. The van der Waals surface area contributed by atoms with Crippen molar-refractivity contribution in [3.05, 3.63) is 51.2 Å². The van der Waals surface area contributed by atoms with Crippen LogP contribution in [-0.2, 0) is 4.79 Å². The molecule has 3 N–H and O–H groups in total. The minimum absolute atomic E-state index is 0.135. The van der Waals surface area contributed by atoms with Crippen LogP contribution < -0.4 is 5.32 Å². The highest BCUT2D eigenvalue weighted by Gasteiger charge is 2.14. The second-order valence-corrected chi connectivity index (χ2v) is 6.91. The highest BCUT2D eigenvalue weighted by molar-refractivity contribution is 9.11. The third-order valence-electron chi connectivity index (χ3n) is 3.38. The van der Waals surface area contributed by atoms with Crippen LogP contribution >= 0.6 is 31.9 Å². The molecule has 0 radical (unpaired) electrons. The van der Waals surface area contributed by atoms with Gasteiger partial charge >= 0.3 is 0 Å². The van der Waals surface area contributed by atoms with E-state index >= 15 is 0 Å². The molecule has 1 aromatic carbocycles. The Morgan fingerprint density at radius 2 is 1.96 bits per heavy atom. The third-order valence-corrected chi connectivity index (χ3v) is 4.47. The molecule has 3 rings (SSSR count). The van der Waals surface area contributed by atoms with Crippen LogP contribution in [0.2, 0.25) is 0 Å². The van der Waals surface area contributed by atoms with E-state index in [4.69, 9.17) is 0 Å². The number of fused-ring (bicyclic) bond motifs is 1. The molecule has 3 aromatic rings. The Hall–Kier alpha value is -2.59. The molecule has 0 aliphatic heterocycles. The van der Waals surface area contributed by atoms with Gasteiger partial charge in [0, 0.05) is 32.3 Å². The van der Waals surface area contributed by atoms with E-state index in [0.717, 1.165) is 8.95 Å². The van der Waals surface area contributed by atoms with E-state index < -0.39 is 11.8 Å². The van der Waals surface area contributed by atoms with Gasteiger partial charge in [0.15, 0.2) is 5.69 Å². The van der Waals surface area contributed by atoms with Gasteiger partial charge in [0.2, 0.25) is 5.88 Å². The zero-order valence-corrected chi connectivity index (χ0v) is 16.2. The van der Waals surface area contributed by atoms with Gasteiger partial charge in [-0.25, -0.2) is 0 Å². The molecule has 0 spiro atoms. The van der Waals surface area contributed by atoms with Crippen LogP contribution in [0.4, 0.5) is 5.69 Å². The normalized spacial score (nSPS) is 11.2. The molecule has 10 heteroatoms. The van der Waals surface area contributed by atoms with Crippen LogP contribution in [0, 0.1) is 0 Å². The lowest BCUT2D eigenvalue weighted by molar-refractivity contribution is -0.117. The van der Waals surface area contributed by atoms with E-state index in [-0.39, 0.29) is 18.1 Å². The van der Waals surface area contributed by atoms with Crippen molar-refractivity contribution in [2.24, 2.45) is 10.2 Å². The monoisotopic (exact) mass is 479 g/mol. The number of aromatic nitrogens is 2. The predicted molar refractivity (Wildman–Crippen MR) is 101 cm³/mol. The zero-order chi connectivity index (χ0) is 18.7. The van der Waals surface area contributed by atoms with E-state index in [1.807, 2.05) is 0 Å². The van der Waals surface area contributed by atoms with Crippen LogP contribution in [0.1, 0.15) is 10.4 Å². The summed E-state index contributed by atoms with van der Waals surface area (Å²) in [5.74, 6) is -1.29. The molecular formula is C16H11Br2N5O3. The van der Waals surface area contributed by atoms with Gasteiger partial charge in [-0.3, -0.25) is 14.6 Å². The zero-order valence-electron chi connectivity index (χ0n) is 13.0. The molecule has 0 aliphatic carbocycles. The van der Waals surface area contributed by atoms with Gasteiger partial charge < -0.3 is 15.4 Å². The number of carbonyl (C=O) groups is 2. The maximum atomic E-state index is 11.9. The van der Waals surface area contributed by atoms with Gasteiger partial charge in [0.1, 0.15) is 6.54 Å². The molecule has 0 fully saturated rings. The first kappa shape index (κ1) is 18.2. The fourth-order valence-corrected chi connectivity index (χ4v) is 3.52. The van der Waals surface area contributed by atoms with Crippen molar-refractivity contribution in [2.45, 2.75) is 0 Å². The number of azo groups is 1. The van der Waals surface area contributed by atoms with Crippen LogP contribution in [0.3, 0.4) is 0 Å². The summed E-state index contributed by atoms with van der Waals surface area (Å²) in [5, 5.41) is 20.4. The molecule has 8 nitrogen and oxygen atoms in total. The van der Waals surface area contributed by atoms with E-state index in [0.29, 0.717) is 16.5 Å². The number of hydrogen-bond donors (Lipinski definition) is 3. The molecule has 2 amide bonds. The van der Waals surface area contributed by atoms with Gasteiger partial charge in [0.05, 0.1) is 5.52 Å². The van der Waals surface area contributed by atoms with E-state index in [1.54, 1.807) is 12.1 Å². The van der Waals surface area contributed by atoms with Crippen LogP contribution in [0.15, 0.2) is 55.8 Å². The number of pyridine rings is 1. The first-order chi connectivity index (χ1) is 12.5. The number of nitrogens with one attached hydrogen (secondary N) is 2. The van der Waals surface area contributed by atoms with Gasteiger partial charge in [-0.2, -0.15) is 0 Å². The summed E-state index contributed by atoms with van der Waals surface area (Å²) in [6.45, 7) is -0.318. The maximum Gasteiger partial charge on any atom is 0.283 e. The van der Waals surface area contributed by atoms with Gasteiger partial charge in [-0.1, -0.05) is 15.9 Å². The Morgan fingerprint density at radius 3 is 2.69 bits per heavy atom. The summed E-state index contributed by atoms with van der Waals surface area (Å²) in [7, 11) is 0. The summed E-state index contributed by atoms with van der Waals surface area (Å²) in [5.41, 5.74) is 1.14. The second-order valence-electron chi connectivity index (χ2n) is 5.14. The quantitative estimate of drug-likeness (QED) is 0.491. The Kier molecular flexibility index (Phi) is 5.43. The number of rotatable bonds is 4.